The molecule has 0 radical (unpaired) electrons. The van der Waals surface area contributed by atoms with E-state index >= 15 is 0 Å². The molecule has 1 atom stereocenters. The molecule has 0 bridgehead atoms. The van der Waals surface area contributed by atoms with E-state index in [0.29, 0.717) is 46.0 Å². The Morgan fingerprint density at radius 2 is 1.93 bits per heavy atom. The van der Waals surface area contributed by atoms with Gasteiger partial charge in [0.25, 0.3) is 0 Å². The van der Waals surface area contributed by atoms with Crippen molar-refractivity contribution < 1.29 is 9.18 Å². The monoisotopic (exact) mass is 608 g/mol. The molecule has 4 aromatic rings. The number of aromatic nitrogens is 2. The Hall–Kier alpha value is -3.97. The first-order chi connectivity index (χ1) is 19.7. The van der Waals surface area contributed by atoms with Crippen molar-refractivity contribution in [1.82, 2.24) is 19.8 Å². The van der Waals surface area contributed by atoms with Crippen LogP contribution in [0.2, 0.25) is 10.0 Å². The average molecular weight is 610 g/mol. The number of thiocarbonyl (C=S) groups is 1. The van der Waals surface area contributed by atoms with Crippen LogP contribution in [0.1, 0.15) is 29.3 Å². The van der Waals surface area contributed by atoms with E-state index < -0.39 is 0 Å². The predicted molar refractivity (Wildman–Crippen MR) is 163 cm³/mol. The van der Waals surface area contributed by atoms with Gasteiger partial charge in [-0.2, -0.15) is 5.26 Å². The van der Waals surface area contributed by atoms with Crippen molar-refractivity contribution in [3.8, 4) is 6.07 Å². The molecule has 41 heavy (non-hydrogen) atoms. The van der Waals surface area contributed by atoms with Crippen molar-refractivity contribution >= 4 is 52.1 Å². The van der Waals surface area contributed by atoms with E-state index in [9.17, 15) is 9.18 Å². The highest BCUT2D eigenvalue weighted by Crippen LogP contribution is 2.27. The quantitative estimate of drug-likeness (QED) is 0.209. The molecule has 4 rings (SSSR count). The number of carbonyl (C=O) groups excluding carboxylic acids is 1. The van der Waals surface area contributed by atoms with Crippen LogP contribution in [-0.4, -0.2) is 38.1 Å². The van der Waals surface area contributed by atoms with E-state index in [2.05, 4.69) is 21.7 Å². The molecule has 1 aromatic heterocycles. The highest BCUT2D eigenvalue weighted by molar-refractivity contribution is 7.80. The van der Waals surface area contributed by atoms with Gasteiger partial charge in [0.2, 0.25) is 5.91 Å². The first kappa shape index (κ1) is 30.0. The highest BCUT2D eigenvalue weighted by Gasteiger charge is 2.19. The molecule has 0 aliphatic heterocycles. The number of imidazole rings is 1. The lowest BCUT2D eigenvalue weighted by molar-refractivity contribution is -0.121. The van der Waals surface area contributed by atoms with Crippen molar-refractivity contribution in [2.75, 3.05) is 11.9 Å². The minimum atomic E-state index is -0.388. The number of hydrogen-bond donors (Lipinski definition) is 2. The Morgan fingerprint density at radius 3 is 2.66 bits per heavy atom. The van der Waals surface area contributed by atoms with Gasteiger partial charge in [0.1, 0.15) is 5.82 Å². The van der Waals surface area contributed by atoms with Crippen LogP contribution in [0.5, 0.6) is 0 Å². The lowest BCUT2D eigenvalue weighted by Gasteiger charge is -2.29. The first-order valence-corrected chi connectivity index (χ1v) is 13.9. The van der Waals surface area contributed by atoms with Gasteiger partial charge >= 0.3 is 0 Å². The molecule has 210 valence electrons. The summed E-state index contributed by atoms with van der Waals surface area (Å²) in [6, 6.07) is 20.5. The molecule has 1 amide bonds. The summed E-state index contributed by atoms with van der Waals surface area (Å²) < 4.78 is 15.7. The number of nitrogens with one attached hydrogen (secondary N) is 2. The summed E-state index contributed by atoms with van der Waals surface area (Å²) >= 11 is 18.3. The lowest BCUT2D eigenvalue weighted by atomic mass is 10.1. The van der Waals surface area contributed by atoms with Crippen molar-refractivity contribution in [2.45, 2.75) is 32.5 Å². The third-order valence-electron chi connectivity index (χ3n) is 6.23. The lowest BCUT2D eigenvalue weighted by Crippen LogP contribution is -2.45. The molecule has 0 aliphatic rings. The largest absolute Gasteiger partial charge is 0.352 e. The number of halogens is 3. The average Bonchev–Trinajstić information content (AvgIpc) is 3.37. The molecule has 0 unspecified atom stereocenters. The predicted octanol–water partition coefficient (Wildman–Crippen LogP) is 6.20. The zero-order chi connectivity index (χ0) is 29.4. The summed E-state index contributed by atoms with van der Waals surface area (Å²) in [5, 5.41) is 16.3. The topological polar surface area (TPSA) is 86.0 Å². The third kappa shape index (κ3) is 8.51. The number of hydrogen-bond acceptors (Lipinski definition) is 4. The van der Waals surface area contributed by atoms with Crippen molar-refractivity contribution in [3.05, 3.63) is 118 Å². The van der Waals surface area contributed by atoms with E-state index in [1.54, 1.807) is 48.9 Å². The second kappa shape index (κ2) is 14.1. The van der Waals surface area contributed by atoms with Crippen LogP contribution >= 0.6 is 35.4 Å². The molecular formula is C30H27Cl2FN6OS. The third-order valence-corrected chi connectivity index (χ3v) is 7.45. The molecule has 0 saturated carbocycles. The van der Waals surface area contributed by atoms with E-state index in [1.807, 2.05) is 34.6 Å². The Morgan fingerprint density at radius 1 is 1.17 bits per heavy atom. The van der Waals surface area contributed by atoms with Crippen LogP contribution < -0.4 is 10.6 Å². The maximum atomic E-state index is 13.8. The maximum Gasteiger partial charge on any atom is 0.226 e. The summed E-state index contributed by atoms with van der Waals surface area (Å²) in [5.74, 6) is -0.565. The summed E-state index contributed by atoms with van der Waals surface area (Å²) in [4.78, 5) is 19.1. The minimum Gasteiger partial charge on any atom is -0.352 e. The van der Waals surface area contributed by atoms with Gasteiger partial charge in [0.05, 0.1) is 34.4 Å². The molecule has 0 saturated heterocycles. The summed E-state index contributed by atoms with van der Waals surface area (Å²) in [6.07, 6.45) is 3.48. The standard InChI is InChI=1S/C30H27Cl2FN6OS/c1-20(36-28(40)13-26-15-35-19-39(26)17-22-10-8-21(14-34)9-11-22)16-38(18-23-4-2-7-27(31)29(23)32)30(41)37-25-6-3-5-24(33)12-25/h2-12,15,19-20H,13,16-18H2,1H3,(H,36,40)(H,37,41)/t20-/m0/s1. The number of anilines is 1. The fraction of sp³-hybridized carbons (Fsp3) is 0.200. The molecule has 0 spiro atoms. The molecule has 3 aromatic carbocycles. The summed E-state index contributed by atoms with van der Waals surface area (Å²) in [7, 11) is 0. The Balaban J connectivity index is 1.42. The summed E-state index contributed by atoms with van der Waals surface area (Å²) in [6.45, 7) is 3.07. The van der Waals surface area contributed by atoms with Gasteiger partial charge in [-0.1, -0.05) is 53.5 Å². The number of carbonyl (C=O) groups is 1. The molecule has 11 heteroatoms. The van der Waals surface area contributed by atoms with Gasteiger partial charge in [-0.25, -0.2) is 9.37 Å². The van der Waals surface area contributed by atoms with Crippen LogP contribution in [0.3, 0.4) is 0 Å². The minimum absolute atomic E-state index is 0.132. The zero-order valence-electron chi connectivity index (χ0n) is 22.2. The normalized spacial score (nSPS) is 11.4. The molecule has 7 nitrogen and oxygen atoms in total. The Labute approximate surface area is 253 Å². The number of rotatable bonds is 10. The fourth-order valence-electron chi connectivity index (χ4n) is 4.25. The molecule has 2 N–H and O–H groups in total. The van der Waals surface area contributed by atoms with Crippen LogP contribution in [0.25, 0.3) is 0 Å². The second-order valence-electron chi connectivity index (χ2n) is 9.50. The zero-order valence-corrected chi connectivity index (χ0v) is 24.5. The van der Waals surface area contributed by atoms with Gasteiger partial charge in [-0.3, -0.25) is 4.79 Å². The van der Waals surface area contributed by atoms with E-state index in [1.165, 1.54) is 12.1 Å². The van der Waals surface area contributed by atoms with Crippen molar-refractivity contribution in [3.63, 3.8) is 0 Å². The molecule has 0 aliphatic carbocycles. The van der Waals surface area contributed by atoms with Crippen molar-refractivity contribution in [1.29, 1.82) is 5.26 Å². The molecule has 0 fully saturated rings. The van der Waals surface area contributed by atoms with Crippen LogP contribution in [0, 0.1) is 17.1 Å². The number of amides is 1. The van der Waals surface area contributed by atoms with Crippen LogP contribution in [0.4, 0.5) is 10.1 Å². The second-order valence-corrected chi connectivity index (χ2v) is 10.7. The van der Waals surface area contributed by atoms with Gasteiger partial charge in [-0.15, -0.1) is 0 Å². The Bertz CT molecular complexity index is 1570. The molecular weight excluding hydrogens is 582 g/mol. The first-order valence-electron chi connectivity index (χ1n) is 12.7. The number of benzene rings is 3. The fourth-order valence-corrected chi connectivity index (χ4v) is 4.89. The maximum absolute atomic E-state index is 13.8. The number of nitriles is 1. The van der Waals surface area contributed by atoms with Crippen LogP contribution in [-0.2, 0) is 24.3 Å². The molecule has 1 heterocycles. The Kier molecular flexibility index (Phi) is 10.3. The van der Waals surface area contributed by atoms with Gasteiger partial charge in [0, 0.05) is 43.3 Å². The van der Waals surface area contributed by atoms with Crippen molar-refractivity contribution in [2.24, 2.45) is 0 Å². The van der Waals surface area contributed by atoms with Gasteiger partial charge in [0.15, 0.2) is 5.11 Å². The number of nitrogens with zero attached hydrogens (tertiary/aromatic N) is 4. The smallest absolute Gasteiger partial charge is 0.226 e. The van der Waals surface area contributed by atoms with Crippen LogP contribution in [0.15, 0.2) is 79.3 Å². The highest BCUT2D eigenvalue weighted by atomic mass is 35.5. The summed E-state index contributed by atoms with van der Waals surface area (Å²) in [5.41, 5.74) is 3.60. The van der Waals surface area contributed by atoms with E-state index in [0.717, 1.165) is 16.8 Å². The SMILES string of the molecule is C[C@@H](CN(Cc1cccc(Cl)c1Cl)C(=S)Nc1cccc(F)c1)NC(=O)Cc1cncn1Cc1ccc(C#N)cc1. The van der Waals surface area contributed by atoms with Gasteiger partial charge in [-0.05, 0) is 66.7 Å². The van der Waals surface area contributed by atoms with E-state index in [4.69, 9.17) is 40.7 Å². The van der Waals surface area contributed by atoms with Gasteiger partial charge < -0.3 is 20.1 Å². The van der Waals surface area contributed by atoms with E-state index in [-0.39, 0.29) is 24.2 Å².